The number of hydrogen-bond acceptors (Lipinski definition) is 1. The Morgan fingerprint density at radius 3 is 2.50 bits per heavy atom. The first-order valence-corrected chi connectivity index (χ1v) is 8.60. The fraction of sp³-hybridized carbons (Fsp3) is 0.182. The molecule has 5 rings (SSSR count). The molecule has 0 N–H and O–H groups in total. The average molecular weight is 313 g/mol. The number of aromatic nitrogens is 1. The second-order valence-electron chi connectivity index (χ2n) is 6.55. The molecular weight excluding hydrogens is 294 g/mol. The zero-order valence-electron chi connectivity index (χ0n) is 14.0. The number of rotatable bonds is 2. The van der Waals surface area contributed by atoms with E-state index < -0.39 is 0 Å². The number of furan rings is 1. The van der Waals surface area contributed by atoms with Gasteiger partial charge in [-0.1, -0.05) is 43.7 Å². The highest BCUT2D eigenvalue weighted by Gasteiger charge is 2.17. The van der Waals surface area contributed by atoms with Crippen molar-refractivity contribution in [2.24, 2.45) is 7.05 Å². The number of para-hydroxylation sites is 1. The maximum atomic E-state index is 6.20. The topological polar surface area (TPSA) is 18.1 Å². The molecule has 0 unspecified atom stereocenters. The summed E-state index contributed by atoms with van der Waals surface area (Å²) in [4.78, 5) is 0. The van der Waals surface area contributed by atoms with E-state index in [4.69, 9.17) is 4.42 Å². The van der Waals surface area contributed by atoms with Gasteiger partial charge in [0.15, 0.2) is 0 Å². The van der Waals surface area contributed by atoms with Gasteiger partial charge in [0.2, 0.25) is 0 Å². The molecule has 5 aromatic rings. The summed E-state index contributed by atoms with van der Waals surface area (Å²) in [6, 6.07) is 19.4. The Hall–Kier alpha value is -2.74. The van der Waals surface area contributed by atoms with Crippen LogP contribution in [0.3, 0.4) is 0 Å². The molecule has 2 heterocycles. The summed E-state index contributed by atoms with van der Waals surface area (Å²) in [6.45, 7) is 2.23. The Morgan fingerprint density at radius 1 is 0.792 bits per heavy atom. The summed E-state index contributed by atoms with van der Waals surface area (Å²) in [7, 11) is 2.14. The van der Waals surface area contributed by atoms with Crippen LogP contribution in [-0.2, 0) is 13.5 Å². The van der Waals surface area contributed by atoms with Gasteiger partial charge in [0.05, 0.1) is 0 Å². The van der Waals surface area contributed by atoms with Gasteiger partial charge in [-0.25, -0.2) is 0 Å². The summed E-state index contributed by atoms with van der Waals surface area (Å²) in [5.41, 5.74) is 5.89. The van der Waals surface area contributed by atoms with Crippen molar-refractivity contribution in [2.75, 3.05) is 0 Å². The Morgan fingerprint density at radius 2 is 1.62 bits per heavy atom. The van der Waals surface area contributed by atoms with Crippen molar-refractivity contribution in [3.8, 4) is 0 Å². The van der Waals surface area contributed by atoms with Crippen molar-refractivity contribution in [1.29, 1.82) is 0 Å². The van der Waals surface area contributed by atoms with Crippen molar-refractivity contribution in [3.63, 3.8) is 0 Å². The fourth-order valence-electron chi connectivity index (χ4n) is 4.11. The van der Waals surface area contributed by atoms with Crippen LogP contribution in [0.1, 0.15) is 18.9 Å². The lowest BCUT2D eigenvalue weighted by Gasteiger charge is -2.02. The molecule has 0 saturated heterocycles. The van der Waals surface area contributed by atoms with E-state index >= 15 is 0 Å². The van der Waals surface area contributed by atoms with Gasteiger partial charge in [0.25, 0.3) is 0 Å². The molecule has 2 heteroatoms. The molecule has 0 bridgehead atoms. The molecular formula is C22H19NO. The number of hydrogen-bond donors (Lipinski definition) is 0. The fourth-order valence-corrected chi connectivity index (χ4v) is 4.11. The number of aryl methyl sites for hydroxylation is 2. The van der Waals surface area contributed by atoms with Crippen LogP contribution >= 0.6 is 0 Å². The van der Waals surface area contributed by atoms with Gasteiger partial charge in [-0.15, -0.1) is 0 Å². The molecule has 0 amide bonds. The monoisotopic (exact) mass is 313 g/mol. The molecule has 0 atom stereocenters. The minimum Gasteiger partial charge on any atom is -0.456 e. The highest BCUT2D eigenvalue weighted by atomic mass is 16.3. The molecule has 0 fully saturated rings. The van der Waals surface area contributed by atoms with Crippen molar-refractivity contribution in [3.05, 3.63) is 60.2 Å². The van der Waals surface area contributed by atoms with E-state index in [-0.39, 0.29) is 0 Å². The second-order valence-corrected chi connectivity index (χ2v) is 6.55. The number of fused-ring (bicyclic) bond motifs is 7. The van der Waals surface area contributed by atoms with Crippen LogP contribution < -0.4 is 0 Å². The van der Waals surface area contributed by atoms with E-state index in [9.17, 15) is 0 Å². The zero-order valence-corrected chi connectivity index (χ0v) is 14.0. The lowest BCUT2D eigenvalue weighted by atomic mass is 9.99. The maximum absolute atomic E-state index is 6.20. The number of benzene rings is 3. The highest BCUT2D eigenvalue weighted by molar-refractivity contribution is 6.27. The van der Waals surface area contributed by atoms with Crippen LogP contribution in [0, 0.1) is 0 Å². The lowest BCUT2D eigenvalue weighted by Crippen LogP contribution is -1.86. The van der Waals surface area contributed by atoms with E-state index in [2.05, 4.69) is 73.1 Å². The van der Waals surface area contributed by atoms with Crippen LogP contribution in [0.2, 0.25) is 0 Å². The van der Waals surface area contributed by atoms with Crippen LogP contribution in [0.15, 0.2) is 59.0 Å². The van der Waals surface area contributed by atoms with Crippen molar-refractivity contribution in [2.45, 2.75) is 19.8 Å². The third-order valence-corrected chi connectivity index (χ3v) is 5.14. The molecule has 118 valence electrons. The predicted octanol–water partition coefficient (Wildman–Crippen LogP) is 6.18. The number of nitrogens with zero attached hydrogens (tertiary/aromatic N) is 1. The van der Waals surface area contributed by atoms with E-state index in [1.165, 1.54) is 38.1 Å². The summed E-state index contributed by atoms with van der Waals surface area (Å²) >= 11 is 0. The first kappa shape index (κ1) is 13.7. The first-order chi connectivity index (χ1) is 11.8. The molecule has 3 aromatic carbocycles. The van der Waals surface area contributed by atoms with Gasteiger partial charge in [0, 0.05) is 39.6 Å². The van der Waals surface area contributed by atoms with Gasteiger partial charge in [-0.05, 0) is 36.2 Å². The standard InChI is InChI=1S/C22H19NO/c1-3-7-14-8-6-11-18-20(14)22-19(24-18)13-12-17-21(22)15-9-4-5-10-16(15)23(17)2/h4-6,8-13H,3,7H2,1-2H3. The molecule has 0 radical (unpaired) electrons. The van der Waals surface area contributed by atoms with Gasteiger partial charge in [-0.2, -0.15) is 0 Å². The largest absolute Gasteiger partial charge is 0.456 e. The molecule has 0 saturated carbocycles. The summed E-state index contributed by atoms with van der Waals surface area (Å²) < 4.78 is 8.48. The van der Waals surface area contributed by atoms with E-state index in [0.717, 1.165) is 24.0 Å². The van der Waals surface area contributed by atoms with E-state index in [1.54, 1.807) is 0 Å². The quantitative estimate of drug-likeness (QED) is 0.380. The average Bonchev–Trinajstić information content (AvgIpc) is 3.12. The van der Waals surface area contributed by atoms with Crippen molar-refractivity contribution >= 4 is 43.7 Å². The van der Waals surface area contributed by atoms with Gasteiger partial charge >= 0.3 is 0 Å². The normalized spacial score (nSPS) is 12.1. The molecule has 0 spiro atoms. The molecule has 0 aliphatic carbocycles. The third kappa shape index (κ3) is 1.66. The Labute approximate surface area is 140 Å². The van der Waals surface area contributed by atoms with Crippen LogP contribution in [0.5, 0.6) is 0 Å². The van der Waals surface area contributed by atoms with Gasteiger partial charge in [-0.3, -0.25) is 0 Å². The lowest BCUT2D eigenvalue weighted by molar-refractivity contribution is 0.669. The SMILES string of the molecule is CCCc1cccc2oc3ccc4c(c5ccccc5n4C)c3c12. The Balaban J connectivity index is 2.11. The van der Waals surface area contributed by atoms with E-state index in [1.807, 2.05) is 0 Å². The maximum Gasteiger partial charge on any atom is 0.136 e. The minimum atomic E-state index is 0.984. The summed E-state index contributed by atoms with van der Waals surface area (Å²) in [5, 5.41) is 5.17. The molecule has 0 aliphatic rings. The molecule has 24 heavy (non-hydrogen) atoms. The Bertz CT molecular complexity index is 1220. The van der Waals surface area contributed by atoms with Crippen LogP contribution in [0.25, 0.3) is 43.7 Å². The van der Waals surface area contributed by atoms with Gasteiger partial charge in [0.1, 0.15) is 11.2 Å². The van der Waals surface area contributed by atoms with Crippen LogP contribution in [-0.4, -0.2) is 4.57 Å². The molecule has 2 nitrogen and oxygen atoms in total. The second kappa shape index (κ2) is 4.88. The zero-order chi connectivity index (χ0) is 16.3. The summed E-state index contributed by atoms with van der Waals surface area (Å²) in [5.74, 6) is 0. The summed E-state index contributed by atoms with van der Waals surface area (Å²) in [6.07, 6.45) is 2.21. The Kier molecular flexibility index (Phi) is 2.78. The van der Waals surface area contributed by atoms with Gasteiger partial charge < -0.3 is 8.98 Å². The predicted molar refractivity (Wildman–Crippen MR) is 102 cm³/mol. The van der Waals surface area contributed by atoms with Crippen LogP contribution in [0.4, 0.5) is 0 Å². The molecule has 0 aliphatic heterocycles. The first-order valence-electron chi connectivity index (χ1n) is 8.60. The molecule has 2 aromatic heterocycles. The third-order valence-electron chi connectivity index (χ3n) is 5.14. The van der Waals surface area contributed by atoms with E-state index in [0.29, 0.717) is 0 Å². The highest BCUT2D eigenvalue weighted by Crippen LogP contribution is 2.40. The smallest absolute Gasteiger partial charge is 0.136 e. The van der Waals surface area contributed by atoms with Crippen molar-refractivity contribution < 1.29 is 4.42 Å². The minimum absolute atomic E-state index is 0.984. The van der Waals surface area contributed by atoms with Crippen molar-refractivity contribution in [1.82, 2.24) is 4.57 Å².